The van der Waals surface area contributed by atoms with Crippen LogP contribution in [0.25, 0.3) is 0 Å². The van der Waals surface area contributed by atoms with E-state index in [2.05, 4.69) is 19.9 Å². The van der Waals surface area contributed by atoms with Crippen molar-refractivity contribution in [1.29, 1.82) is 0 Å². The molecule has 0 amide bonds. The largest absolute Gasteiger partial charge is 0.372 e. The van der Waals surface area contributed by atoms with Crippen LogP contribution < -0.4 is 5.73 Å². The first kappa shape index (κ1) is 19.1. The smallest absolute Gasteiger partial charge is 0.162 e. The lowest BCUT2D eigenvalue weighted by Gasteiger charge is -2.53. The summed E-state index contributed by atoms with van der Waals surface area (Å²) in [6.07, 6.45) is 11.3. The Kier molecular flexibility index (Phi) is 4.92. The summed E-state index contributed by atoms with van der Waals surface area (Å²) in [5.41, 5.74) is 8.53. The van der Waals surface area contributed by atoms with E-state index in [4.69, 9.17) is 10.5 Å². The zero-order valence-corrected chi connectivity index (χ0v) is 16.8. The summed E-state index contributed by atoms with van der Waals surface area (Å²) >= 11 is 0. The molecule has 2 fully saturated rings. The number of hydrogen-bond donors (Lipinski definition) is 1. The minimum Gasteiger partial charge on any atom is -0.372 e. The zero-order valence-electron chi connectivity index (χ0n) is 16.8. The van der Waals surface area contributed by atoms with E-state index in [1.807, 2.05) is 6.08 Å². The molecule has 4 rings (SSSR count). The number of ether oxygens (including phenoxy) is 1. The lowest BCUT2D eigenvalue weighted by molar-refractivity contribution is -0.131. The molecular weight excluding hydrogens is 338 g/mol. The first-order chi connectivity index (χ1) is 12.9. The molecule has 0 aliphatic heterocycles. The quantitative estimate of drug-likeness (QED) is 0.592. The second kappa shape index (κ2) is 6.97. The van der Waals surface area contributed by atoms with Gasteiger partial charge in [0.2, 0.25) is 0 Å². The lowest BCUT2D eigenvalue weighted by Crippen LogP contribution is -2.45. The third kappa shape index (κ3) is 2.96. The minimum atomic E-state index is 0.0549. The molecule has 0 bridgehead atoms. The Labute approximate surface area is 162 Å². The molecule has 4 nitrogen and oxygen atoms in total. The first-order valence-electron chi connectivity index (χ1n) is 10.6. The topological polar surface area (TPSA) is 69.4 Å². The predicted octanol–water partition coefficient (Wildman–Crippen LogP) is 3.60. The van der Waals surface area contributed by atoms with E-state index in [0.29, 0.717) is 37.2 Å². The average Bonchev–Trinajstić information content (AvgIpc) is 3.00. The highest BCUT2D eigenvalue weighted by Crippen LogP contribution is 2.64. The van der Waals surface area contributed by atoms with Gasteiger partial charge in [-0.1, -0.05) is 31.1 Å². The number of rotatable bonds is 5. The third-order valence-electron chi connectivity index (χ3n) is 8.23. The Morgan fingerprint density at radius 1 is 1.26 bits per heavy atom. The van der Waals surface area contributed by atoms with Crippen molar-refractivity contribution in [1.82, 2.24) is 0 Å². The lowest BCUT2D eigenvalue weighted by atomic mass is 9.51. The predicted molar refractivity (Wildman–Crippen MR) is 105 cm³/mol. The molecule has 4 heteroatoms. The number of carbonyl (C=O) groups excluding carboxylic acids is 2. The van der Waals surface area contributed by atoms with Gasteiger partial charge in [-0.2, -0.15) is 0 Å². The minimum absolute atomic E-state index is 0.0549. The molecule has 0 spiro atoms. The molecule has 2 saturated carbocycles. The van der Waals surface area contributed by atoms with Crippen LogP contribution in [0, 0.1) is 28.6 Å². The van der Waals surface area contributed by atoms with Gasteiger partial charge in [-0.25, -0.2) is 0 Å². The molecule has 0 aromatic rings. The van der Waals surface area contributed by atoms with Crippen molar-refractivity contribution in [3.63, 3.8) is 0 Å². The maximum atomic E-state index is 12.8. The van der Waals surface area contributed by atoms with Gasteiger partial charge in [0.05, 0.1) is 6.61 Å². The standard InChI is InChI=1S/C23H33NO3/c1-22-9-7-16(25)13-15(22)3-4-17-18-5-6-20(21(26)14-27-12-11-24)23(18,2)10-8-19(17)22/h8,13,17-18,20H,3-7,9-12,14,24H2,1-2H3. The van der Waals surface area contributed by atoms with Crippen molar-refractivity contribution in [2.24, 2.45) is 34.3 Å². The Balaban J connectivity index is 1.59. The number of hydrogen-bond acceptors (Lipinski definition) is 4. The summed E-state index contributed by atoms with van der Waals surface area (Å²) in [4.78, 5) is 24.8. The van der Waals surface area contributed by atoms with Gasteiger partial charge < -0.3 is 10.5 Å². The van der Waals surface area contributed by atoms with E-state index >= 15 is 0 Å². The van der Waals surface area contributed by atoms with Crippen molar-refractivity contribution in [3.05, 3.63) is 23.3 Å². The van der Waals surface area contributed by atoms with Crippen LogP contribution in [0.15, 0.2) is 23.3 Å². The molecule has 0 saturated heterocycles. The number of carbonyl (C=O) groups is 2. The molecule has 5 unspecified atom stereocenters. The molecule has 4 aliphatic rings. The molecule has 0 aromatic carbocycles. The van der Waals surface area contributed by atoms with Gasteiger partial charge in [0.1, 0.15) is 6.61 Å². The van der Waals surface area contributed by atoms with Crippen LogP contribution in [0.2, 0.25) is 0 Å². The fourth-order valence-corrected chi connectivity index (χ4v) is 6.74. The highest BCUT2D eigenvalue weighted by atomic mass is 16.5. The van der Waals surface area contributed by atoms with E-state index in [9.17, 15) is 9.59 Å². The molecule has 0 radical (unpaired) electrons. The summed E-state index contributed by atoms with van der Waals surface area (Å²) in [6.45, 7) is 5.81. The van der Waals surface area contributed by atoms with Crippen LogP contribution in [-0.4, -0.2) is 31.3 Å². The van der Waals surface area contributed by atoms with Crippen LogP contribution in [0.1, 0.15) is 58.8 Å². The van der Waals surface area contributed by atoms with Gasteiger partial charge in [0.25, 0.3) is 0 Å². The Morgan fingerprint density at radius 3 is 2.85 bits per heavy atom. The van der Waals surface area contributed by atoms with E-state index in [1.54, 1.807) is 5.57 Å². The van der Waals surface area contributed by atoms with Crippen molar-refractivity contribution >= 4 is 11.6 Å². The van der Waals surface area contributed by atoms with E-state index in [0.717, 1.165) is 38.5 Å². The monoisotopic (exact) mass is 371 g/mol. The number of Topliss-reactive ketones (excluding diaryl/α,β-unsaturated/α-hetero) is 1. The van der Waals surface area contributed by atoms with Gasteiger partial charge >= 0.3 is 0 Å². The van der Waals surface area contributed by atoms with Gasteiger partial charge in [-0.3, -0.25) is 9.59 Å². The van der Waals surface area contributed by atoms with Gasteiger partial charge in [-0.15, -0.1) is 0 Å². The number of ketones is 2. The number of fused-ring (bicyclic) bond motifs is 5. The molecular formula is C23H33NO3. The highest BCUT2D eigenvalue weighted by molar-refractivity contribution is 5.92. The Hall–Kier alpha value is -1.26. The summed E-state index contributed by atoms with van der Waals surface area (Å²) in [5.74, 6) is 1.82. The number of nitrogens with two attached hydrogens (primary N) is 1. The second-order valence-electron chi connectivity index (χ2n) is 9.53. The maximum absolute atomic E-state index is 12.8. The summed E-state index contributed by atoms with van der Waals surface area (Å²) in [7, 11) is 0. The van der Waals surface area contributed by atoms with Crippen molar-refractivity contribution < 1.29 is 14.3 Å². The summed E-state index contributed by atoms with van der Waals surface area (Å²) in [6, 6.07) is 0. The van der Waals surface area contributed by atoms with Crippen LogP contribution in [0.5, 0.6) is 0 Å². The van der Waals surface area contributed by atoms with Gasteiger partial charge in [0.15, 0.2) is 11.6 Å². The zero-order chi connectivity index (χ0) is 19.2. The van der Waals surface area contributed by atoms with Crippen LogP contribution in [0.3, 0.4) is 0 Å². The molecule has 0 aromatic heterocycles. The fourth-order valence-electron chi connectivity index (χ4n) is 6.74. The fraction of sp³-hybridized carbons (Fsp3) is 0.739. The Bertz CT molecular complexity index is 708. The summed E-state index contributed by atoms with van der Waals surface area (Å²) in [5, 5.41) is 0. The van der Waals surface area contributed by atoms with Crippen molar-refractivity contribution in [3.8, 4) is 0 Å². The van der Waals surface area contributed by atoms with E-state index in [1.165, 1.54) is 5.57 Å². The Morgan fingerprint density at radius 2 is 2.07 bits per heavy atom. The van der Waals surface area contributed by atoms with E-state index in [-0.39, 0.29) is 29.1 Å². The average molecular weight is 372 g/mol. The van der Waals surface area contributed by atoms with E-state index < -0.39 is 0 Å². The number of allylic oxidation sites excluding steroid dienone is 4. The van der Waals surface area contributed by atoms with Gasteiger partial charge in [0, 0.05) is 24.3 Å². The van der Waals surface area contributed by atoms with Crippen molar-refractivity contribution in [2.75, 3.05) is 19.8 Å². The molecule has 4 aliphatic carbocycles. The van der Waals surface area contributed by atoms with Crippen molar-refractivity contribution in [2.45, 2.75) is 58.8 Å². The maximum Gasteiger partial charge on any atom is 0.162 e. The van der Waals surface area contributed by atoms with Crippen LogP contribution in [0.4, 0.5) is 0 Å². The molecule has 0 heterocycles. The molecule has 27 heavy (non-hydrogen) atoms. The SMILES string of the molecule is CC12CCC(=O)C=C1CCC1C2=CCC2(C)C(C(=O)COCCN)CCC12. The third-order valence-corrected chi connectivity index (χ3v) is 8.23. The molecule has 148 valence electrons. The summed E-state index contributed by atoms with van der Waals surface area (Å²) < 4.78 is 5.46. The highest BCUT2D eigenvalue weighted by Gasteiger charge is 2.57. The van der Waals surface area contributed by atoms with Crippen LogP contribution in [-0.2, 0) is 14.3 Å². The van der Waals surface area contributed by atoms with Crippen LogP contribution >= 0.6 is 0 Å². The normalized spacial score (nSPS) is 40.6. The first-order valence-corrected chi connectivity index (χ1v) is 10.6. The molecule has 2 N–H and O–H groups in total. The van der Waals surface area contributed by atoms with Gasteiger partial charge in [-0.05, 0) is 61.9 Å². The second-order valence-corrected chi connectivity index (χ2v) is 9.53. The molecule has 5 atom stereocenters.